The molecule has 1 atom stereocenters. The first-order valence-electron chi connectivity index (χ1n) is 6.71. The Morgan fingerprint density at radius 1 is 1.48 bits per heavy atom. The van der Waals surface area contributed by atoms with Crippen LogP contribution in [0.2, 0.25) is 0 Å². The van der Waals surface area contributed by atoms with Crippen molar-refractivity contribution in [1.82, 2.24) is 0 Å². The van der Waals surface area contributed by atoms with E-state index in [0.29, 0.717) is 21.8 Å². The highest BCUT2D eigenvalue weighted by atomic mass is 32.1. The molecule has 0 aliphatic heterocycles. The predicted octanol–water partition coefficient (Wildman–Crippen LogP) is 3.92. The molecule has 0 spiro atoms. The molecule has 4 nitrogen and oxygen atoms in total. The van der Waals surface area contributed by atoms with Crippen molar-refractivity contribution in [2.75, 3.05) is 7.11 Å². The molecule has 0 bridgehead atoms. The summed E-state index contributed by atoms with van der Waals surface area (Å²) in [5.41, 5.74) is 0. The molecule has 1 heterocycles. The average Bonchev–Trinajstić information content (AvgIpc) is 3.22. The van der Waals surface area contributed by atoms with Gasteiger partial charge in [-0.25, -0.2) is 9.18 Å². The van der Waals surface area contributed by atoms with Gasteiger partial charge in [0, 0.05) is 10.1 Å². The number of aromatic carboxylic acids is 1. The van der Waals surface area contributed by atoms with Crippen LogP contribution in [0.1, 0.15) is 29.4 Å². The molecule has 3 rings (SSSR count). The molecule has 21 heavy (non-hydrogen) atoms. The molecule has 1 N–H and O–H groups in total. The summed E-state index contributed by atoms with van der Waals surface area (Å²) in [6.07, 6.45) is 2.16. The summed E-state index contributed by atoms with van der Waals surface area (Å²) < 4.78 is 25.1. The van der Waals surface area contributed by atoms with E-state index < -0.39 is 11.8 Å². The SMILES string of the molecule is COc1cc2c(OC(C)C3CC3)c(C(=O)O)sc2cc1F. The maximum absolute atomic E-state index is 13.8. The minimum absolute atomic E-state index is 0.0445. The number of thiophene rings is 1. The summed E-state index contributed by atoms with van der Waals surface area (Å²) in [6, 6.07) is 2.79. The lowest BCUT2D eigenvalue weighted by atomic mass is 10.2. The Labute approximate surface area is 125 Å². The largest absolute Gasteiger partial charge is 0.494 e. The highest BCUT2D eigenvalue weighted by molar-refractivity contribution is 7.21. The standard InChI is InChI=1S/C15H15FO4S/c1-7(8-3-4-8)20-13-9-5-11(19-2)10(16)6-12(9)21-14(13)15(17)18/h5-8H,3-4H2,1-2H3,(H,17,18). The zero-order valence-electron chi connectivity index (χ0n) is 11.7. The summed E-state index contributed by atoms with van der Waals surface area (Å²) in [5, 5.41) is 9.92. The molecule has 1 fully saturated rings. The predicted molar refractivity (Wildman–Crippen MR) is 78.1 cm³/mol. The van der Waals surface area contributed by atoms with Crippen molar-refractivity contribution >= 4 is 27.4 Å². The Bertz CT molecular complexity index is 705. The van der Waals surface area contributed by atoms with Crippen LogP contribution in [0.4, 0.5) is 4.39 Å². The lowest BCUT2D eigenvalue weighted by Gasteiger charge is -2.14. The van der Waals surface area contributed by atoms with Crippen LogP contribution in [-0.4, -0.2) is 24.3 Å². The van der Waals surface area contributed by atoms with Gasteiger partial charge in [0.15, 0.2) is 22.2 Å². The first-order chi connectivity index (χ1) is 10.0. The van der Waals surface area contributed by atoms with Crippen LogP contribution < -0.4 is 9.47 Å². The van der Waals surface area contributed by atoms with Crippen LogP contribution in [0.5, 0.6) is 11.5 Å². The molecular weight excluding hydrogens is 295 g/mol. The van der Waals surface area contributed by atoms with Gasteiger partial charge < -0.3 is 14.6 Å². The van der Waals surface area contributed by atoms with E-state index >= 15 is 0 Å². The van der Waals surface area contributed by atoms with Crippen molar-refractivity contribution in [1.29, 1.82) is 0 Å². The van der Waals surface area contributed by atoms with Crippen molar-refractivity contribution in [3.8, 4) is 11.5 Å². The third kappa shape index (κ3) is 2.55. The van der Waals surface area contributed by atoms with E-state index in [1.54, 1.807) is 0 Å². The monoisotopic (exact) mass is 310 g/mol. The summed E-state index contributed by atoms with van der Waals surface area (Å²) in [7, 11) is 1.38. The van der Waals surface area contributed by atoms with Crippen LogP contribution >= 0.6 is 11.3 Å². The normalized spacial score (nSPS) is 16.0. The molecule has 1 aromatic heterocycles. The minimum atomic E-state index is -1.06. The Morgan fingerprint density at radius 3 is 2.76 bits per heavy atom. The van der Waals surface area contributed by atoms with Gasteiger partial charge in [0.2, 0.25) is 0 Å². The summed E-state index contributed by atoms with van der Waals surface area (Å²) >= 11 is 1.02. The molecule has 0 radical (unpaired) electrons. The van der Waals surface area contributed by atoms with E-state index in [4.69, 9.17) is 9.47 Å². The van der Waals surface area contributed by atoms with Crippen LogP contribution in [-0.2, 0) is 0 Å². The lowest BCUT2D eigenvalue weighted by molar-refractivity contribution is 0.0695. The van der Waals surface area contributed by atoms with Crippen molar-refractivity contribution in [2.24, 2.45) is 5.92 Å². The number of ether oxygens (including phenoxy) is 2. The lowest BCUT2D eigenvalue weighted by Crippen LogP contribution is -2.15. The fourth-order valence-corrected chi connectivity index (χ4v) is 3.32. The highest BCUT2D eigenvalue weighted by Gasteiger charge is 2.32. The molecule has 0 saturated heterocycles. The highest BCUT2D eigenvalue weighted by Crippen LogP contribution is 2.43. The van der Waals surface area contributed by atoms with Gasteiger partial charge >= 0.3 is 5.97 Å². The van der Waals surface area contributed by atoms with E-state index in [1.165, 1.54) is 19.2 Å². The van der Waals surface area contributed by atoms with Crippen LogP contribution in [0.25, 0.3) is 10.1 Å². The second kappa shape index (κ2) is 5.18. The second-order valence-electron chi connectivity index (χ2n) is 5.21. The second-order valence-corrected chi connectivity index (χ2v) is 6.26. The molecule has 6 heteroatoms. The quantitative estimate of drug-likeness (QED) is 0.909. The zero-order valence-corrected chi connectivity index (χ0v) is 12.5. The van der Waals surface area contributed by atoms with Gasteiger partial charge in [0.05, 0.1) is 13.2 Å². The molecule has 2 aromatic rings. The maximum atomic E-state index is 13.8. The summed E-state index contributed by atoms with van der Waals surface area (Å²) in [4.78, 5) is 11.5. The van der Waals surface area contributed by atoms with E-state index in [0.717, 1.165) is 24.2 Å². The molecule has 1 aliphatic rings. The Morgan fingerprint density at radius 2 is 2.19 bits per heavy atom. The van der Waals surface area contributed by atoms with Crippen LogP contribution in [0, 0.1) is 11.7 Å². The van der Waals surface area contributed by atoms with Crippen molar-refractivity contribution in [3.05, 3.63) is 22.8 Å². The maximum Gasteiger partial charge on any atom is 0.349 e. The number of fused-ring (bicyclic) bond motifs is 1. The van der Waals surface area contributed by atoms with E-state index in [-0.39, 0.29) is 16.7 Å². The van der Waals surface area contributed by atoms with Gasteiger partial charge in [0.25, 0.3) is 0 Å². The minimum Gasteiger partial charge on any atom is -0.494 e. The van der Waals surface area contributed by atoms with Crippen molar-refractivity contribution in [3.63, 3.8) is 0 Å². The fourth-order valence-electron chi connectivity index (χ4n) is 2.34. The number of rotatable bonds is 5. The number of hydrogen-bond acceptors (Lipinski definition) is 4. The van der Waals surface area contributed by atoms with Gasteiger partial charge in [-0.05, 0) is 37.8 Å². The number of carboxylic acid groups (broad SMARTS) is 1. The summed E-state index contributed by atoms with van der Waals surface area (Å²) in [5.74, 6) is -0.691. The zero-order chi connectivity index (χ0) is 15.1. The van der Waals surface area contributed by atoms with Crippen molar-refractivity contribution in [2.45, 2.75) is 25.9 Å². The number of benzene rings is 1. The molecule has 1 aromatic carbocycles. The fraction of sp³-hybridized carbons (Fsp3) is 0.400. The van der Waals surface area contributed by atoms with E-state index in [9.17, 15) is 14.3 Å². The van der Waals surface area contributed by atoms with Crippen LogP contribution in [0.15, 0.2) is 12.1 Å². The Balaban J connectivity index is 2.12. The van der Waals surface area contributed by atoms with Gasteiger partial charge in [-0.15, -0.1) is 11.3 Å². The summed E-state index contributed by atoms with van der Waals surface area (Å²) in [6.45, 7) is 1.94. The van der Waals surface area contributed by atoms with Crippen LogP contribution in [0.3, 0.4) is 0 Å². The number of carboxylic acids is 1. The van der Waals surface area contributed by atoms with E-state index in [1.807, 2.05) is 6.92 Å². The number of methoxy groups -OCH3 is 1. The van der Waals surface area contributed by atoms with Gasteiger partial charge in [-0.3, -0.25) is 0 Å². The molecule has 1 saturated carbocycles. The molecule has 112 valence electrons. The van der Waals surface area contributed by atoms with Crippen molar-refractivity contribution < 1.29 is 23.8 Å². The topological polar surface area (TPSA) is 55.8 Å². The number of halogens is 1. The Kier molecular flexibility index (Phi) is 3.49. The molecule has 1 unspecified atom stereocenters. The van der Waals surface area contributed by atoms with E-state index in [2.05, 4.69) is 0 Å². The number of hydrogen-bond donors (Lipinski definition) is 1. The first-order valence-corrected chi connectivity index (χ1v) is 7.53. The smallest absolute Gasteiger partial charge is 0.349 e. The molecular formula is C15H15FO4S. The van der Waals surface area contributed by atoms with Gasteiger partial charge in [0.1, 0.15) is 0 Å². The number of carbonyl (C=O) groups is 1. The van der Waals surface area contributed by atoms with Gasteiger partial charge in [-0.2, -0.15) is 0 Å². The molecule has 0 amide bonds. The average molecular weight is 310 g/mol. The van der Waals surface area contributed by atoms with Gasteiger partial charge in [-0.1, -0.05) is 0 Å². The first kappa shape index (κ1) is 14.1. The molecule has 1 aliphatic carbocycles. The third-order valence-corrected chi connectivity index (χ3v) is 4.82. The Hall–Kier alpha value is -1.82. The third-order valence-electron chi connectivity index (χ3n) is 3.70.